The number of piperazine rings is 1. The first-order valence-electron chi connectivity index (χ1n) is 11.0. The minimum absolute atomic E-state index is 0.175. The molecule has 30 heavy (non-hydrogen) atoms. The average Bonchev–Trinajstić information content (AvgIpc) is 3.23. The van der Waals surface area contributed by atoms with E-state index < -0.39 is 0 Å². The topological polar surface area (TPSA) is 51.4 Å². The molecule has 0 aliphatic carbocycles. The van der Waals surface area contributed by atoms with Gasteiger partial charge in [-0.05, 0) is 30.7 Å². The van der Waals surface area contributed by atoms with Gasteiger partial charge in [0.1, 0.15) is 0 Å². The third kappa shape index (κ3) is 4.42. The highest BCUT2D eigenvalue weighted by atomic mass is 16.2. The molecule has 3 aromatic rings. The second kappa shape index (κ2) is 9.45. The highest BCUT2D eigenvalue weighted by Crippen LogP contribution is 2.30. The molecule has 5 heteroatoms. The molecule has 0 unspecified atom stereocenters. The zero-order valence-corrected chi connectivity index (χ0v) is 18.0. The van der Waals surface area contributed by atoms with Gasteiger partial charge in [-0.15, -0.1) is 0 Å². The van der Waals surface area contributed by atoms with Crippen molar-refractivity contribution in [3.05, 3.63) is 71.9 Å². The Bertz CT molecular complexity index is 959. The minimum atomic E-state index is -0.199. The van der Waals surface area contributed by atoms with Gasteiger partial charge in [0.25, 0.3) is 0 Å². The SMILES string of the molecule is CCN1CCN(C(=O)[C@H](C)NC[C@@H](c2ccccc2)c2c[nH]c3ccccc23)CC1. The number of H-pyrrole nitrogens is 1. The number of carbonyl (C=O) groups excluding carboxylic acids is 1. The lowest BCUT2D eigenvalue weighted by Gasteiger charge is -2.35. The molecule has 1 saturated heterocycles. The molecule has 1 aliphatic rings. The van der Waals surface area contributed by atoms with Gasteiger partial charge in [-0.3, -0.25) is 4.79 Å². The van der Waals surface area contributed by atoms with E-state index >= 15 is 0 Å². The van der Waals surface area contributed by atoms with Gasteiger partial charge >= 0.3 is 0 Å². The van der Waals surface area contributed by atoms with Gasteiger partial charge in [0.15, 0.2) is 0 Å². The summed E-state index contributed by atoms with van der Waals surface area (Å²) in [6.07, 6.45) is 2.11. The van der Waals surface area contributed by atoms with Crippen molar-refractivity contribution >= 4 is 16.8 Å². The van der Waals surface area contributed by atoms with Crippen molar-refractivity contribution in [3.8, 4) is 0 Å². The van der Waals surface area contributed by atoms with Crippen LogP contribution in [0.2, 0.25) is 0 Å². The molecule has 0 saturated carbocycles. The molecule has 4 rings (SSSR count). The maximum atomic E-state index is 13.0. The van der Waals surface area contributed by atoms with Crippen LogP contribution < -0.4 is 5.32 Å². The molecule has 1 fully saturated rings. The van der Waals surface area contributed by atoms with Crippen LogP contribution in [0, 0.1) is 0 Å². The number of amides is 1. The molecular weight excluding hydrogens is 372 g/mol. The van der Waals surface area contributed by atoms with E-state index in [1.165, 1.54) is 16.5 Å². The standard InChI is InChI=1S/C25H32N4O/c1-3-28-13-15-29(16-14-28)25(30)19(2)26-17-22(20-9-5-4-6-10-20)23-18-27-24-12-8-7-11-21(23)24/h4-12,18-19,22,26-27H,3,13-17H2,1-2H3/t19-,22-/m0/s1. The van der Waals surface area contributed by atoms with E-state index in [9.17, 15) is 4.79 Å². The van der Waals surface area contributed by atoms with Crippen LogP contribution in [-0.2, 0) is 4.79 Å². The number of nitrogens with one attached hydrogen (secondary N) is 2. The number of para-hydroxylation sites is 1. The number of aromatic nitrogens is 1. The Balaban J connectivity index is 1.48. The molecule has 0 spiro atoms. The molecular formula is C25H32N4O. The van der Waals surface area contributed by atoms with Crippen LogP contribution in [0.15, 0.2) is 60.8 Å². The van der Waals surface area contributed by atoms with Crippen LogP contribution in [0.25, 0.3) is 10.9 Å². The molecule has 2 aromatic carbocycles. The van der Waals surface area contributed by atoms with E-state index in [-0.39, 0.29) is 17.9 Å². The third-order valence-electron chi connectivity index (χ3n) is 6.33. The second-order valence-corrected chi connectivity index (χ2v) is 8.14. The molecule has 1 aliphatic heterocycles. The second-order valence-electron chi connectivity index (χ2n) is 8.14. The number of hydrogen-bond acceptors (Lipinski definition) is 3. The summed E-state index contributed by atoms with van der Waals surface area (Å²) in [5, 5.41) is 4.78. The van der Waals surface area contributed by atoms with E-state index in [2.05, 4.69) is 76.9 Å². The van der Waals surface area contributed by atoms with Crippen molar-refractivity contribution in [1.82, 2.24) is 20.1 Å². The quantitative estimate of drug-likeness (QED) is 0.634. The highest BCUT2D eigenvalue weighted by Gasteiger charge is 2.26. The fourth-order valence-electron chi connectivity index (χ4n) is 4.42. The molecule has 0 radical (unpaired) electrons. The van der Waals surface area contributed by atoms with Crippen LogP contribution in [0.4, 0.5) is 0 Å². The predicted octanol–water partition coefficient (Wildman–Crippen LogP) is 3.44. The van der Waals surface area contributed by atoms with Crippen molar-refractivity contribution in [3.63, 3.8) is 0 Å². The van der Waals surface area contributed by atoms with Crippen molar-refractivity contribution < 1.29 is 4.79 Å². The Hall–Kier alpha value is -2.63. The Morgan fingerprint density at radius 3 is 2.47 bits per heavy atom. The van der Waals surface area contributed by atoms with Crippen molar-refractivity contribution in [1.29, 1.82) is 0 Å². The minimum Gasteiger partial charge on any atom is -0.361 e. The summed E-state index contributed by atoms with van der Waals surface area (Å²) in [4.78, 5) is 20.8. The van der Waals surface area contributed by atoms with Crippen LogP contribution >= 0.6 is 0 Å². The van der Waals surface area contributed by atoms with E-state index in [1.807, 2.05) is 17.9 Å². The van der Waals surface area contributed by atoms with Gasteiger partial charge in [0.05, 0.1) is 6.04 Å². The van der Waals surface area contributed by atoms with Crippen LogP contribution in [0.5, 0.6) is 0 Å². The maximum absolute atomic E-state index is 13.0. The number of fused-ring (bicyclic) bond motifs is 1. The number of rotatable bonds is 7. The van der Waals surface area contributed by atoms with Crippen molar-refractivity contribution in [2.24, 2.45) is 0 Å². The number of nitrogens with zero attached hydrogens (tertiary/aromatic N) is 2. The van der Waals surface area contributed by atoms with Crippen molar-refractivity contribution in [2.75, 3.05) is 39.3 Å². The van der Waals surface area contributed by atoms with Gasteiger partial charge in [-0.2, -0.15) is 0 Å². The number of likely N-dealkylation sites (N-methyl/N-ethyl adjacent to an activating group) is 1. The van der Waals surface area contributed by atoms with Gasteiger partial charge in [0.2, 0.25) is 5.91 Å². The predicted molar refractivity (Wildman–Crippen MR) is 123 cm³/mol. The Kier molecular flexibility index (Phi) is 6.50. The lowest BCUT2D eigenvalue weighted by Crippen LogP contribution is -2.53. The zero-order chi connectivity index (χ0) is 20.9. The summed E-state index contributed by atoms with van der Waals surface area (Å²) in [6, 6.07) is 18.8. The number of aromatic amines is 1. The molecule has 5 nitrogen and oxygen atoms in total. The average molecular weight is 405 g/mol. The van der Waals surface area contributed by atoms with E-state index in [0.717, 1.165) is 38.2 Å². The van der Waals surface area contributed by atoms with E-state index in [0.29, 0.717) is 6.54 Å². The molecule has 0 bridgehead atoms. The molecule has 1 aromatic heterocycles. The first kappa shape index (κ1) is 20.6. The summed E-state index contributed by atoms with van der Waals surface area (Å²) < 4.78 is 0. The van der Waals surface area contributed by atoms with Gasteiger partial charge < -0.3 is 20.1 Å². The summed E-state index contributed by atoms with van der Waals surface area (Å²) in [7, 11) is 0. The fraction of sp³-hybridized carbons (Fsp3) is 0.400. The fourth-order valence-corrected chi connectivity index (χ4v) is 4.42. The number of carbonyl (C=O) groups is 1. The largest absolute Gasteiger partial charge is 0.361 e. The van der Waals surface area contributed by atoms with Gasteiger partial charge in [-0.25, -0.2) is 0 Å². The molecule has 158 valence electrons. The maximum Gasteiger partial charge on any atom is 0.239 e. The number of benzene rings is 2. The first-order chi connectivity index (χ1) is 14.7. The zero-order valence-electron chi connectivity index (χ0n) is 18.0. The molecule has 2 N–H and O–H groups in total. The lowest BCUT2D eigenvalue weighted by molar-refractivity contribution is -0.134. The smallest absolute Gasteiger partial charge is 0.239 e. The lowest BCUT2D eigenvalue weighted by atomic mass is 9.90. The summed E-state index contributed by atoms with van der Waals surface area (Å²) in [5.41, 5.74) is 3.66. The first-order valence-corrected chi connectivity index (χ1v) is 11.0. The van der Waals surface area contributed by atoms with Gasteiger partial charge in [-0.1, -0.05) is 55.5 Å². The normalized spacial score (nSPS) is 17.2. The summed E-state index contributed by atoms with van der Waals surface area (Å²) in [6.45, 7) is 9.52. The summed E-state index contributed by atoms with van der Waals surface area (Å²) >= 11 is 0. The Morgan fingerprint density at radius 1 is 1.03 bits per heavy atom. The van der Waals surface area contributed by atoms with Crippen LogP contribution in [0.3, 0.4) is 0 Å². The molecule has 1 amide bonds. The number of hydrogen-bond donors (Lipinski definition) is 2. The van der Waals surface area contributed by atoms with Crippen LogP contribution in [-0.4, -0.2) is 66.0 Å². The van der Waals surface area contributed by atoms with Crippen molar-refractivity contribution in [2.45, 2.75) is 25.8 Å². The summed E-state index contributed by atoms with van der Waals surface area (Å²) in [5.74, 6) is 0.381. The van der Waals surface area contributed by atoms with Gasteiger partial charge in [0, 0.05) is 55.7 Å². The molecule has 2 atom stereocenters. The Morgan fingerprint density at radius 2 is 1.73 bits per heavy atom. The van der Waals surface area contributed by atoms with Crippen LogP contribution in [0.1, 0.15) is 30.9 Å². The molecule has 2 heterocycles. The van der Waals surface area contributed by atoms with E-state index in [4.69, 9.17) is 0 Å². The highest BCUT2D eigenvalue weighted by molar-refractivity contribution is 5.84. The monoisotopic (exact) mass is 404 g/mol. The Labute approximate surface area is 179 Å². The van der Waals surface area contributed by atoms with E-state index in [1.54, 1.807) is 0 Å². The third-order valence-corrected chi connectivity index (χ3v) is 6.33.